The second-order valence-corrected chi connectivity index (χ2v) is 10.4. The Hall–Kier alpha value is -1.25. The maximum atomic E-state index is 11.8. The molecule has 0 spiro atoms. The predicted molar refractivity (Wildman–Crippen MR) is 98.1 cm³/mol. The first-order valence-electron chi connectivity index (χ1n) is 7.41. The van der Waals surface area contributed by atoms with Crippen LogP contribution in [0.1, 0.15) is 48.0 Å². The van der Waals surface area contributed by atoms with Crippen LogP contribution < -0.4 is 5.32 Å². The van der Waals surface area contributed by atoms with Crippen molar-refractivity contribution in [3.05, 3.63) is 10.4 Å². The van der Waals surface area contributed by atoms with Crippen molar-refractivity contribution in [2.75, 3.05) is 6.54 Å². The van der Waals surface area contributed by atoms with Gasteiger partial charge in [-0.25, -0.2) is 9.59 Å². The van der Waals surface area contributed by atoms with Crippen LogP contribution in [0.4, 0.5) is 4.79 Å². The highest BCUT2D eigenvalue weighted by atomic mass is 33.1. The van der Waals surface area contributed by atoms with E-state index in [2.05, 4.69) is 15.3 Å². The Morgan fingerprint density at radius 1 is 1.29 bits per heavy atom. The van der Waals surface area contributed by atoms with Crippen LogP contribution in [0.5, 0.6) is 0 Å². The van der Waals surface area contributed by atoms with Gasteiger partial charge in [0.2, 0.25) is 0 Å². The van der Waals surface area contributed by atoms with Gasteiger partial charge in [0, 0.05) is 21.5 Å². The summed E-state index contributed by atoms with van der Waals surface area (Å²) in [5.74, 6) is -1.16. The number of carboxylic acids is 1. The van der Waals surface area contributed by atoms with E-state index in [0.717, 1.165) is 0 Å². The fourth-order valence-corrected chi connectivity index (χ4v) is 3.93. The molecule has 0 aliphatic carbocycles. The summed E-state index contributed by atoms with van der Waals surface area (Å²) < 4.78 is 5.06. The van der Waals surface area contributed by atoms with E-state index in [1.54, 1.807) is 31.6 Å². The topological polar surface area (TPSA) is 124 Å². The standard InChI is InChI=1S/C14H26N4O4S2/c1-13(2,3)22-12(21)17-10(11(19)20)7-9(8-16-18-15)23-24-14(4,5)6/h9-10H,7-8H2,1-6H3,(H,17,21)(H,19,20)/t9?,10-/m0/s1. The van der Waals surface area contributed by atoms with Crippen molar-refractivity contribution in [2.45, 2.75) is 69.6 Å². The van der Waals surface area contributed by atoms with Gasteiger partial charge in [0.1, 0.15) is 11.6 Å². The molecule has 0 fully saturated rings. The number of aliphatic carboxylic acids is 1. The van der Waals surface area contributed by atoms with E-state index in [1.807, 2.05) is 20.8 Å². The van der Waals surface area contributed by atoms with Gasteiger partial charge in [-0.2, -0.15) is 0 Å². The molecule has 0 radical (unpaired) electrons. The van der Waals surface area contributed by atoms with E-state index < -0.39 is 23.7 Å². The van der Waals surface area contributed by atoms with Crippen molar-refractivity contribution in [2.24, 2.45) is 5.11 Å². The molecule has 10 heteroatoms. The molecule has 0 aliphatic rings. The zero-order chi connectivity index (χ0) is 19.0. The van der Waals surface area contributed by atoms with Crippen LogP contribution in [0.2, 0.25) is 0 Å². The highest BCUT2D eigenvalue weighted by molar-refractivity contribution is 8.77. The fraction of sp³-hybridized carbons (Fsp3) is 0.857. The average molecular weight is 379 g/mol. The van der Waals surface area contributed by atoms with Crippen LogP contribution >= 0.6 is 21.6 Å². The number of carbonyl (C=O) groups is 2. The fourth-order valence-electron chi connectivity index (χ4n) is 1.42. The summed E-state index contributed by atoms with van der Waals surface area (Å²) >= 11 is 0. The summed E-state index contributed by atoms with van der Waals surface area (Å²) in [6.45, 7) is 11.3. The summed E-state index contributed by atoms with van der Waals surface area (Å²) in [7, 11) is 3.02. The number of nitrogens with zero attached hydrogens (tertiary/aromatic N) is 3. The minimum absolute atomic E-state index is 0.0312. The Morgan fingerprint density at radius 2 is 1.88 bits per heavy atom. The lowest BCUT2D eigenvalue weighted by Gasteiger charge is -2.25. The van der Waals surface area contributed by atoms with E-state index in [0.29, 0.717) is 0 Å². The molecular formula is C14H26N4O4S2. The van der Waals surface area contributed by atoms with Gasteiger partial charge >= 0.3 is 12.1 Å². The minimum Gasteiger partial charge on any atom is -0.480 e. The number of hydrogen-bond acceptors (Lipinski definition) is 6. The molecule has 138 valence electrons. The second kappa shape index (κ2) is 9.90. The van der Waals surface area contributed by atoms with E-state index in [4.69, 9.17) is 10.3 Å². The van der Waals surface area contributed by atoms with Crippen molar-refractivity contribution in [3.63, 3.8) is 0 Å². The van der Waals surface area contributed by atoms with Gasteiger partial charge in [-0.05, 0) is 32.7 Å². The average Bonchev–Trinajstić information content (AvgIpc) is 2.37. The highest BCUT2D eigenvalue weighted by Crippen LogP contribution is 2.39. The number of nitrogens with one attached hydrogen (secondary N) is 1. The van der Waals surface area contributed by atoms with Gasteiger partial charge in [-0.1, -0.05) is 47.5 Å². The van der Waals surface area contributed by atoms with Crippen LogP contribution in [0.15, 0.2) is 5.11 Å². The maximum absolute atomic E-state index is 11.8. The SMILES string of the molecule is CC(C)(C)OC(=O)N[C@@H](CC(CN=[N+]=[N-])SSC(C)(C)C)C(=O)O. The second-order valence-electron chi connectivity index (χ2n) is 7.10. The third-order valence-electron chi connectivity index (χ3n) is 2.27. The molecule has 1 amide bonds. The Morgan fingerprint density at radius 3 is 2.29 bits per heavy atom. The third-order valence-corrected chi connectivity index (χ3v) is 6.09. The predicted octanol–water partition coefficient (Wildman–Crippen LogP) is 4.21. The van der Waals surface area contributed by atoms with Crippen LogP contribution in [-0.4, -0.2) is 45.4 Å². The maximum Gasteiger partial charge on any atom is 0.408 e. The lowest BCUT2D eigenvalue weighted by molar-refractivity contribution is -0.139. The lowest BCUT2D eigenvalue weighted by Crippen LogP contribution is -2.45. The van der Waals surface area contributed by atoms with Crippen molar-refractivity contribution < 1.29 is 19.4 Å². The lowest BCUT2D eigenvalue weighted by atomic mass is 10.1. The summed E-state index contributed by atoms with van der Waals surface area (Å²) in [6, 6.07) is -1.12. The first kappa shape index (κ1) is 22.8. The molecule has 24 heavy (non-hydrogen) atoms. The Kier molecular flexibility index (Phi) is 9.39. The van der Waals surface area contributed by atoms with Crippen molar-refractivity contribution >= 4 is 33.7 Å². The number of amides is 1. The largest absolute Gasteiger partial charge is 0.480 e. The number of carbonyl (C=O) groups excluding carboxylic acids is 1. The zero-order valence-corrected chi connectivity index (χ0v) is 16.5. The van der Waals surface area contributed by atoms with Gasteiger partial charge < -0.3 is 15.2 Å². The number of hydrogen-bond donors (Lipinski definition) is 2. The normalized spacial score (nSPS) is 14.2. The quantitative estimate of drug-likeness (QED) is 0.282. The Bertz CT molecular complexity index is 482. The van der Waals surface area contributed by atoms with Crippen molar-refractivity contribution in [1.29, 1.82) is 0 Å². The first-order chi connectivity index (χ1) is 10.8. The smallest absolute Gasteiger partial charge is 0.408 e. The molecule has 0 rings (SSSR count). The van der Waals surface area contributed by atoms with E-state index in [-0.39, 0.29) is 23.0 Å². The number of azide groups is 1. The molecule has 0 saturated heterocycles. The molecule has 0 heterocycles. The summed E-state index contributed by atoms with van der Waals surface area (Å²) in [4.78, 5) is 25.9. The summed E-state index contributed by atoms with van der Waals surface area (Å²) in [6.07, 6.45) is -0.660. The van der Waals surface area contributed by atoms with Gasteiger partial charge in [0.25, 0.3) is 0 Å². The summed E-state index contributed by atoms with van der Waals surface area (Å²) in [5, 5.41) is 15.0. The molecule has 8 nitrogen and oxygen atoms in total. The molecule has 0 saturated carbocycles. The van der Waals surface area contributed by atoms with Crippen molar-refractivity contribution in [1.82, 2.24) is 5.32 Å². The molecule has 0 aromatic heterocycles. The van der Waals surface area contributed by atoms with Crippen LogP contribution in [-0.2, 0) is 9.53 Å². The third kappa shape index (κ3) is 12.2. The molecular weight excluding hydrogens is 352 g/mol. The van der Waals surface area contributed by atoms with Crippen LogP contribution in [0.25, 0.3) is 10.4 Å². The number of alkyl carbamates (subject to hydrolysis) is 1. The first-order valence-corrected chi connectivity index (χ1v) is 9.63. The van der Waals surface area contributed by atoms with E-state index in [1.165, 1.54) is 10.8 Å². The molecule has 0 aromatic carbocycles. The molecule has 0 bridgehead atoms. The molecule has 2 atom stereocenters. The molecule has 1 unspecified atom stereocenters. The molecule has 0 aromatic rings. The van der Waals surface area contributed by atoms with Crippen LogP contribution in [0.3, 0.4) is 0 Å². The van der Waals surface area contributed by atoms with Gasteiger partial charge in [0.05, 0.1) is 0 Å². The van der Waals surface area contributed by atoms with Crippen molar-refractivity contribution in [3.8, 4) is 0 Å². The Labute approximate surface area is 150 Å². The van der Waals surface area contributed by atoms with E-state index >= 15 is 0 Å². The van der Waals surface area contributed by atoms with E-state index in [9.17, 15) is 14.7 Å². The van der Waals surface area contributed by atoms with Gasteiger partial charge in [-0.15, -0.1) is 0 Å². The van der Waals surface area contributed by atoms with Gasteiger partial charge in [-0.3, -0.25) is 0 Å². The number of rotatable bonds is 8. The minimum atomic E-state index is -1.16. The monoisotopic (exact) mass is 378 g/mol. The number of carboxylic acid groups (broad SMARTS) is 1. The summed E-state index contributed by atoms with van der Waals surface area (Å²) in [5.41, 5.74) is 7.78. The van der Waals surface area contributed by atoms with Crippen LogP contribution in [0, 0.1) is 0 Å². The zero-order valence-electron chi connectivity index (χ0n) is 14.9. The molecule has 2 N–H and O–H groups in total. The Balaban J connectivity index is 4.89. The molecule has 0 aliphatic heterocycles. The van der Waals surface area contributed by atoms with Gasteiger partial charge in [0.15, 0.2) is 0 Å². The highest BCUT2D eigenvalue weighted by Gasteiger charge is 2.28. The number of ether oxygens (including phenoxy) is 1.